The van der Waals surface area contributed by atoms with Crippen molar-refractivity contribution in [3.8, 4) is 0 Å². The minimum Gasteiger partial charge on any atom is -0.355 e. The summed E-state index contributed by atoms with van der Waals surface area (Å²) in [6.07, 6.45) is 0. The molecule has 0 aliphatic rings. The van der Waals surface area contributed by atoms with Crippen LogP contribution in [0.2, 0.25) is 0 Å². The van der Waals surface area contributed by atoms with Gasteiger partial charge in [0.15, 0.2) is 0 Å². The van der Waals surface area contributed by atoms with Crippen molar-refractivity contribution in [1.82, 2.24) is 0 Å². The van der Waals surface area contributed by atoms with Gasteiger partial charge in [0.2, 0.25) is 10.0 Å². The van der Waals surface area contributed by atoms with E-state index in [2.05, 4.69) is 36.0 Å². The summed E-state index contributed by atoms with van der Waals surface area (Å²) in [6.45, 7) is 5.72. The Bertz CT molecular complexity index is 702. The molecular formula is C16H20N2O2S. The largest absolute Gasteiger partial charge is 0.355 e. The molecule has 2 aromatic rings. The number of sulfonamides is 1. The molecule has 0 unspecified atom stereocenters. The number of nitrogens with one attached hydrogen (secondary N) is 2. The van der Waals surface area contributed by atoms with E-state index < -0.39 is 10.0 Å². The van der Waals surface area contributed by atoms with Crippen molar-refractivity contribution < 1.29 is 8.42 Å². The van der Waals surface area contributed by atoms with Crippen LogP contribution >= 0.6 is 0 Å². The zero-order valence-corrected chi connectivity index (χ0v) is 13.3. The molecule has 0 amide bonds. The average molecular weight is 304 g/mol. The van der Waals surface area contributed by atoms with Crippen LogP contribution in [-0.2, 0) is 10.0 Å². The Morgan fingerprint density at radius 1 is 0.905 bits per heavy atom. The van der Waals surface area contributed by atoms with Crippen molar-refractivity contribution in [3.63, 3.8) is 0 Å². The number of hydrogen-bond acceptors (Lipinski definition) is 3. The van der Waals surface area contributed by atoms with Gasteiger partial charge in [-0.15, -0.1) is 0 Å². The van der Waals surface area contributed by atoms with Crippen LogP contribution in [-0.4, -0.2) is 14.2 Å². The number of hydrogen-bond donors (Lipinski definition) is 2. The minimum atomic E-state index is -3.23. The Morgan fingerprint density at radius 2 is 1.43 bits per heavy atom. The molecule has 21 heavy (non-hydrogen) atoms. The van der Waals surface area contributed by atoms with Crippen molar-refractivity contribution in [3.05, 3.63) is 53.6 Å². The van der Waals surface area contributed by atoms with Crippen LogP contribution < -0.4 is 10.0 Å². The molecule has 112 valence electrons. The smallest absolute Gasteiger partial charge is 0.232 e. The standard InChI is InChI=1S/C16H20N2O2S/c1-4-21(19,20)18-15-10-8-14(9-11-15)17-16-12(2)6-5-7-13(16)3/h5-11,17-18H,4H2,1-3H3. The third kappa shape index (κ3) is 3.98. The van der Waals surface area contributed by atoms with E-state index in [0.717, 1.165) is 11.4 Å². The summed E-state index contributed by atoms with van der Waals surface area (Å²) < 4.78 is 25.5. The van der Waals surface area contributed by atoms with Gasteiger partial charge in [0.25, 0.3) is 0 Å². The van der Waals surface area contributed by atoms with Crippen LogP contribution in [0.25, 0.3) is 0 Å². The number of rotatable bonds is 5. The molecule has 2 N–H and O–H groups in total. The summed E-state index contributed by atoms with van der Waals surface area (Å²) in [6, 6.07) is 13.4. The Balaban J connectivity index is 2.17. The fourth-order valence-corrected chi connectivity index (χ4v) is 2.67. The van der Waals surface area contributed by atoms with Crippen LogP contribution in [0.3, 0.4) is 0 Å². The SMILES string of the molecule is CCS(=O)(=O)Nc1ccc(Nc2c(C)cccc2C)cc1. The minimum absolute atomic E-state index is 0.0649. The highest BCUT2D eigenvalue weighted by atomic mass is 32.2. The van der Waals surface area contributed by atoms with Gasteiger partial charge in [-0.05, 0) is 56.2 Å². The Hall–Kier alpha value is -2.01. The molecule has 5 heteroatoms. The topological polar surface area (TPSA) is 58.2 Å². The van der Waals surface area contributed by atoms with Crippen molar-refractivity contribution in [1.29, 1.82) is 0 Å². The number of para-hydroxylation sites is 1. The Kier molecular flexibility index (Phi) is 4.53. The van der Waals surface area contributed by atoms with Crippen LogP contribution in [0.4, 0.5) is 17.1 Å². The second-order valence-electron chi connectivity index (χ2n) is 4.97. The lowest BCUT2D eigenvalue weighted by Gasteiger charge is -2.13. The zero-order chi connectivity index (χ0) is 15.5. The van der Waals surface area contributed by atoms with E-state index in [1.54, 1.807) is 19.1 Å². The van der Waals surface area contributed by atoms with Crippen LogP contribution in [0.1, 0.15) is 18.1 Å². The molecule has 0 saturated heterocycles. The molecule has 2 rings (SSSR count). The van der Waals surface area contributed by atoms with Crippen LogP contribution in [0.15, 0.2) is 42.5 Å². The summed E-state index contributed by atoms with van der Waals surface area (Å²) in [5.41, 5.74) is 4.92. The normalized spacial score (nSPS) is 11.2. The summed E-state index contributed by atoms with van der Waals surface area (Å²) in [4.78, 5) is 0. The van der Waals surface area contributed by atoms with E-state index in [1.807, 2.05) is 18.2 Å². The lowest BCUT2D eigenvalue weighted by atomic mass is 10.1. The van der Waals surface area contributed by atoms with Crippen LogP contribution in [0.5, 0.6) is 0 Å². The fraction of sp³-hybridized carbons (Fsp3) is 0.250. The lowest BCUT2D eigenvalue weighted by Crippen LogP contribution is -2.14. The van der Waals surface area contributed by atoms with Crippen molar-refractivity contribution >= 4 is 27.1 Å². The second kappa shape index (κ2) is 6.18. The second-order valence-corrected chi connectivity index (χ2v) is 6.99. The summed E-state index contributed by atoms with van der Waals surface area (Å²) in [5, 5.41) is 3.37. The van der Waals surface area contributed by atoms with Gasteiger partial charge in [0.1, 0.15) is 0 Å². The van der Waals surface area contributed by atoms with Gasteiger partial charge in [-0.1, -0.05) is 18.2 Å². The van der Waals surface area contributed by atoms with E-state index in [1.165, 1.54) is 11.1 Å². The summed E-state index contributed by atoms with van der Waals surface area (Å²) >= 11 is 0. The van der Waals surface area contributed by atoms with E-state index >= 15 is 0 Å². The molecule has 0 radical (unpaired) electrons. The monoisotopic (exact) mass is 304 g/mol. The fourth-order valence-electron chi connectivity index (χ4n) is 2.03. The Morgan fingerprint density at radius 3 is 1.95 bits per heavy atom. The Labute approximate surface area is 126 Å². The molecule has 0 saturated carbocycles. The molecule has 0 atom stereocenters. The molecule has 0 fully saturated rings. The maximum absolute atomic E-state index is 11.5. The highest BCUT2D eigenvalue weighted by molar-refractivity contribution is 7.92. The van der Waals surface area contributed by atoms with E-state index in [9.17, 15) is 8.42 Å². The molecule has 0 aliphatic heterocycles. The first-order valence-electron chi connectivity index (χ1n) is 6.85. The van der Waals surface area contributed by atoms with Gasteiger partial charge in [0.05, 0.1) is 5.75 Å². The third-order valence-electron chi connectivity index (χ3n) is 3.29. The van der Waals surface area contributed by atoms with E-state index in [4.69, 9.17) is 0 Å². The van der Waals surface area contributed by atoms with Gasteiger partial charge in [-0.2, -0.15) is 0 Å². The van der Waals surface area contributed by atoms with Crippen LogP contribution in [0, 0.1) is 13.8 Å². The number of benzene rings is 2. The molecule has 0 aliphatic carbocycles. The quantitative estimate of drug-likeness (QED) is 0.883. The van der Waals surface area contributed by atoms with Crippen molar-refractivity contribution in [2.45, 2.75) is 20.8 Å². The first kappa shape index (κ1) is 15.4. The molecule has 4 nitrogen and oxygen atoms in total. The summed E-state index contributed by atoms with van der Waals surface area (Å²) in [5.74, 6) is 0.0649. The third-order valence-corrected chi connectivity index (χ3v) is 4.60. The predicted octanol–water partition coefficient (Wildman–Crippen LogP) is 3.81. The van der Waals surface area contributed by atoms with Gasteiger partial charge < -0.3 is 5.32 Å². The van der Waals surface area contributed by atoms with E-state index in [-0.39, 0.29) is 5.75 Å². The number of anilines is 3. The zero-order valence-electron chi connectivity index (χ0n) is 12.5. The first-order chi connectivity index (χ1) is 9.91. The molecule has 0 bridgehead atoms. The molecule has 0 spiro atoms. The predicted molar refractivity (Wildman–Crippen MR) is 88.7 cm³/mol. The summed E-state index contributed by atoms with van der Waals surface area (Å²) in [7, 11) is -3.23. The average Bonchev–Trinajstić information content (AvgIpc) is 2.45. The highest BCUT2D eigenvalue weighted by Crippen LogP contribution is 2.25. The molecular weight excluding hydrogens is 284 g/mol. The van der Waals surface area contributed by atoms with Gasteiger partial charge in [-0.25, -0.2) is 8.42 Å². The highest BCUT2D eigenvalue weighted by Gasteiger charge is 2.07. The molecule has 0 heterocycles. The maximum Gasteiger partial charge on any atom is 0.232 e. The maximum atomic E-state index is 11.5. The molecule has 0 aromatic heterocycles. The number of aryl methyl sites for hydroxylation is 2. The lowest BCUT2D eigenvalue weighted by molar-refractivity contribution is 0.602. The van der Waals surface area contributed by atoms with Crippen molar-refractivity contribution in [2.75, 3.05) is 15.8 Å². The first-order valence-corrected chi connectivity index (χ1v) is 8.50. The molecule has 2 aromatic carbocycles. The van der Waals surface area contributed by atoms with Crippen molar-refractivity contribution in [2.24, 2.45) is 0 Å². The van der Waals surface area contributed by atoms with Gasteiger partial charge in [0, 0.05) is 17.1 Å². The van der Waals surface area contributed by atoms with Gasteiger partial charge in [-0.3, -0.25) is 4.72 Å². The van der Waals surface area contributed by atoms with Gasteiger partial charge >= 0.3 is 0 Å². The van der Waals surface area contributed by atoms with E-state index in [0.29, 0.717) is 5.69 Å².